The second-order valence-corrected chi connectivity index (χ2v) is 8.74. The maximum atomic E-state index is 5.03. The Bertz CT molecular complexity index is 528. The van der Waals surface area contributed by atoms with Gasteiger partial charge in [0.05, 0.1) is 0 Å². The smallest absolute Gasteiger partial charge is 0.193 e. The van der Waals surface area contributed by atoms with Crippen LogP contribution in [0.1, 0.15) is 44.4 Å². The van der Waals surface area contributed by atoms with E-state index in [-0.39, 0.29) is 0 Å². The van der Waals surface area contributed by atoms with Crippen molar-refractivity contribution in [3.63, 3.8) is 0 Å². The summed E-state index contributed by atoms with van der Waals surface area (Å²) in [7, 11) is 0. The number of hydrogen-bond donors (Lipinski definition) is 1. The van der Waals surface area contributed by atoms with E-state index < -0.39 is 0 Å². The summed E-state index contributed by atoms with van der Waals surface area (Å²) in [5, 5.41) is 5.71. The topological polar surface area (TPSA) is 30.9 Å². The number of thiophene rings is 1. The Morgan fingerprint density at radius 2 is 2.16 bits per heavy atom. The summed E-state index contributed by atoms with van der Waals surface area (Å²) in [5.74, 6) is 2.63. The Hall–Kier alpha value is -1.07. The fraction of sp³-hybridized carbons (Fsp3) is 0.750. The van der Waals surface area contributed by atoms with Crippen LogP contribution in [0.25, 0.3) is 0 Å². The van der Waals surface area contributed by atoms with Crippen molar-refractivity contribution in [2.24, 2.45) is 16.8 Å². The fourth-order valence-corrected chi connectivity index (χ4v) is 4.84. The van der Waals surface area contributed by atoms with Crippen LogP contribution in [-0.4, -0.2) is 55.0 Å². The first-order valence-corrected chi connectivity index (χ1v) is 10.9. The molecule has 2 fully saturated rings. The molecule has 0 amide bonds. The van der Waals surface area contributed by atoms with E-state index in [2.05, 4.69) is 46.5 Å². The molecule has 140 valence electrons. The first kappa shape index (κ1) is 18.7. The minimum absolute atomic E-state index is 0.699. The Morgan fingerprint density at radius 1 is 1.28 bits per heavy atom. The highest BCUT2D eigenvalue weighted by molar-refractivity contribution is 7.09. The molecule has 0 bridgehead atoms. The third-order valence-corrected chi connectivity index (χ3v) is 6.21. The summed E-state index contributed by atoms with van der Waals surface area (Å²) in [6.45, 7) is 12.3. The largest absolute Gasteiger partial charge is 0.357 e. The molecule has 0 aliphatic carbocycles. The average Bonchev–Trinajstić information content (AvgIpc) is 3.12. The van der Waals surface area contributed by atoms with E-state index in [0.29, 0.717) is 5.92 Å². The molecule has 1 aromatic rings. The van der Waals surface area contributed by atoms with E-state index in [1.165, 1.54) is 43.6 Å². The zero-order valence-electron chi connectivity index (χ0n) is 15.9. The normalized spacial score (nSPS) is 26.0. The quantitative estimate of drug-likeness (QED) is 0.641. The number of aliphatic imine (C=N–C) groups is 1. The van der Waals surface area contributed by atoms with Gasteiger partial charge in [-0.1, -0.05) is 13.0 Å². The third kappa shape index (κ3) is 5.71. The van der Waals surface area contributed by atoms with Gasteiger partial charge in [-0.05, 0) is 62.4 Å². The molecule has 0 radical (unpaired) electrons. The zero-order chi connectivity index (χ0) is 17.5. The summed E-state index contributed by atoms with van der Waals surface area (Å²) in [4.78, 5) is 11.6. The number of likely N-dealkylation sites (tertiary alicyclic amines) is 2. The molecular formula is C20H34N4S. The summed E-state index contributed by atoms with van der Waals surface area (Å²) < 4.78 is 0. The van der Waals surface area contributed by atoms with E-state index >= 15 is 0 Å². The Kier molecular flexibility index (Phi) is 7.17. The minimum Gasteiger partial charge on any atom is -0.357 e. The van der Waals surface area contributed by atoms with Gasteiger partial charge in [0.25, 0.3) is 0 Å². The van der Waals surface area contributed by atoms with Gasteiger partial charge in [-0.2, -0.15) is 0 Å². The molecule has 0 aromatic carbocycles. The number of guanidine groups is 1. The molecule has 1 N–H and O–H groups in total. The van der Waals surface area contributed by atoms with Crippen molar-refractivity contribution < 1.29 is 0 Å². The fourth-order valence-electron chi connectivity index (χ4n) is 4.09. The lowest BCUT2D eigenvalue weighted by Gasteiger charge is -2.35. The summed E-state index contributed by atoms with van der Waals surface area (Å²) in [6.07, 6.45) is 5.28. The molecule has 0 spiro atoms. The standard InChI is InChI=1S/C20H34N4S/c1-3-21-20(24-11-4-7-17(2)14-24)22-13-18-8-5-10-23(15-18)16-19-9-6-12-25-19/h6,9,12,17-18H,3-5,7-8,10-11,13-16H2,1-2H3,(H,21,22). The zero-order valence-corrected chi connectivity index (χ0v) is 16.7. The second-order valence-electron chi connectivity index (χ2n) is 7.71. The van der Waals surface area contributed by atoms with Gasteiger partial charge >= 0.3 is 0 Å². The van der Waals surface area contributed by atoms with Crippen LogP contribution in [0.5, 0.6) is 0 Å². The number of hydrogen-bond acceptors (Lipinski definition) is 3. The highest BCUT2D eigenvalue weighted by Gasteiger charge is 2.22. The highest BCUT2D eigenvalue weighted by Crippen LogP contribution is 2.21. The van der Waals surface area contributed by atoms with Crippen LogP contribution in [0, 0.1) is 11.8 Å². The molecule has 2 aliphatic rings. The molecule has 2 saturated heterocycles. The van der Waals surface area contributed by atoms with Gasteiger partial charge in [-0.15, -0.1) is 11.3 Å². The molecule has 4 nitrogen and oxygen atoms in total. The van der Waals surface area contributed by atoms with Gasteiger partial charge < -0.3 is 10.2 Å². The van der Waals surface area contributed by atoms with E-state index in [4.69, 9.17) is 4.99 Å². The highest BCUT2D eigenvalue weighted by atomic mass is 32.1. The molecule has 25 heavy (non-hydrogen) atoms. The van der Waals surface area contributed by atoms with Crippen LogP contribution >= 0.6 is 11.3 Å². The van der Waals surface area contributed by atoms with Gasteiger partial charge in [0.1, 0.15) is 0 Å². The Labute approximate surface area is 157 Å². The number of rotatable bonds is 5. The van der Waals surface area contributed by atoms with Crippen molar-refractivity contribution in [3.05, 3.63) is 22.4 Å². The molecular weight excluding hydrogens is 328 g/mol. The monoisotopic (exact) mass is 362 g/mol. The molecule has 2 unspecified atom stereocenters. The van der Waals surface area contributed by atoms with Gasteiger partial charge in [0, 0.05) is 44.1 Å². The average molecular weight is 363 g/mol. The molecule has 3 rings (SSSR count). The summed E-state index contributed by atoms with van der Waals surface area (Å²) in [6, 6.07) is 4.42. The van der Waals surface area contributed by atoms with Crippen molar-refractivity contribution >= 4 is 17.3 Å². The summed E-state index contributed by atoms with van der Waals surface area (Å²) in [5.41, 5.74) is 0. The van der Waals surface area contributed by atoms with Gasteiger partial charge in [-0.25, -0.2) is 0 Å². The molecule has 2 atom stereocenters. The van der Waals surface area contributed by atoms with Crippen LogP contribution < -0.4 is 5.32 Å². The van der Waals surface area contributed by atoms with Gasteiger partial charge in [0.15, 0.2) is 5.96 Å². The molecule has 0 saturated carbocycles. The number of piperidine rings is 2. The van der Waals surface area contributed by atoms with Crippen molar-refractivity contribution in [3.8, 4) is 0 Å². The Morgan fingerprint density at radius 3 is 2.92 bits per heavy atom. The minimum atomic E-state index is 0.699. The van der Waals surface area contributed by atoms with Crippen molar-refractivity contribution in [2.45, 2.75) is 46.1 Å². The first-order chi connectivity index (χ1) is 12.2. The van der Waals surface area contributed by atoms with Crippen LogP contribution in [0.3, 0.4) is 0 Å². The van der Waals surface area contributed by atoms with Crippen LogP contribution in [0.15, 0.2) is 22.5 Å². The van der Waals surface area contributed by atoms with Crippen molar-refractivity contribution in [2.75, 3.05) is 39.3 Å². The Balaban J connectivity index is 1.54. The van der Waals surface area contributed by atoms with Crippen molar-refractivity contribution in [1.82, 2.24) is 15.1 Å². The van der Waals surface area contributed by atoms with Gasteiger partial charge in [0.2, 0.25) is 0 Å². The van der Waals surface area contributed by atoms with Crippen molar-refractivity contribution in [1.29, 1.82) is 0 Å². The lowest BCUT2D eigenvalue weighted by molar-refractivity contribution is 0.172. The van der Waals surface area contributed by atoms with E-state index in [1.54, 1.807) is 0 Å². The molecule has 1 aromatic heterocycles. The number of nitrogens with zero attached hydrogens (tertiary/aromatic N) is 3. The predicted molar refractivity (Wildman–Crippen MR) is 108 cm³/mol. The van der Waals surface area contributed by atoms with Crippen LogP contribution in [0.2, 0.25) is 0 Å². The van der Waals surface area contributed by atoms with E-state index in [1.807, 2.05) is 11.3 Å². The lowest BCUT2D eigenvalue weighted by atomic mass is 9.98. The lowest BCUT2D eigenvalue weighted by Crippen LogP contribution is -2.46. The maximum Gasteiger partial charge on any atom is 0.193 e. The van der Waals surface area contributed by atoms with Gasteiger partial charge in [-0.3, -0.25) is 9.89 Å². The maximum absolute atomic E-state index is 5.03. The van der Waals surface area contributed by atoms with Crippen LogP contribution in [-0.2, 0) is 6.54 Å². The third-order valence-electron chi connectivity index (χ3n) is 5.35. The molecule has 5 heteroatoms. The van der Waals surface area contributed by atoms with Crippen LogP contribution in [0.4, 0.5) is 0 Å². The summed E-state index contributed by atoms with van der Waals surface area (Å²) >= 11 is 1.88. The SMILES string of the molecule is CCNC(=NCC1CCCN(Cc2cccs2)C1)N1CCCC(C)C1. The van der Waals surface area contributed by atoms with E-state index in [0.717, 1.165) is 44.6 Å². The van der Waals surface area contributed by atoms with E-state index in [9.17, 15) is 0 Å². The molecule has 2 aliphatic heterocycles. The second kappa shape index (κ2) is 9.58. The molecule has 3 heterocycles. The first-order valence-electron chi connectivity index (χ1n) is 10.0. The predicted octanol–water partition coefficient (Wildman–Crippen LogP) is 3.66. The number of nitrogens with one attached hydrogen (secondary N) is 1.